The number of aliphatic hydroxyl groups is 2. The lowest BCUT2D eigenvalue weighted by molar-refractivity contribution is 0.0672. The molecule has 90 valence electrons. The third kappa shape index (κ3) is 3.74. The maximum atomic E-state index is 9.87. The Morgan fingerprint density at radius 1 is 1.33 bits per heavy atom. The van der Waals surface area contributed by atoms with Gasteiger partial charge in [0.2, 0.25) is 0 Å². The van der Waals surface area contributed by atoms with Gasteiger partial charge in [-0.05, 0) is 32.6 Å². The van der Waals surface area contributed by atoms with Gasteiger partial charge in [0.05, 0.1) is 6.10 Å². The summed E-state index contributed by atoms with van der Waals surface area (Å²) in [6.45, 7) is 4.46. The average Bonchev–Trinajstić information content (AvgIpc) is 2.22. The van der Waals surface area contributed by atoms with Crippen LogP contribution >= 0.6 is 0 Å². The number of hydrogen-bond donors (Lipinski definition) is 3. The lowest BCUT2D eigenvalue weighted by atomic mass is 9.87. The summed E-state index contributed by atoms with van der Waals surface area (Å²) < 4.78 is 0. The molecule has 0 heterocycles. The van der Waals surface area contributed by atoms with E-state index in [-0.39, 0.29) is 24.3 Å². The zero-order chi connectivity index (χ0) is 11.3. The fourth-order valence-corrected chi connectivity index (χ4v) is 2.33. The maximum Gasteiger partial charge on any atom is 0.0693 e. The minimum absolute atomic E-state index is 0.0300. The second-order valence-electron chi connectivity index (χ2n) is 4.99. The molecule has 0 radical (unpaired) electrons. The molecule has 1 saturated carbocycles. The highest BCUT2D eigenvalue weighted by Crippen LogP contribution is 2.23. The van der Waals surface area contributed by atoms with E-state index < -0.39 is 0 Å². The van der Waals surface area contributed by atoms with Crippen molar-refractivity contribution < 1.29 is 10.2 Å². The Morgan fingerprint density at radius 2 is 2.00 bits per heavy atom. The lowest BCUT2D eigenvalue weighted by Crippen LogP contribution is -2.53. The zero-order valence-electron chi connectivity index (χ0n) is 10.00. The van der Waals surface area contributed by atoms with E-state index in [2.05, 4.69) is 19.2 Å². The van der Waals surface area contributed by atoms with Crippen LogP contribution in [0.5, 0.6) is 0 Å². The lowest BCUT2D eigenvalue weighted by Gasteiger charge is -2.38. The molecule has 0 bridgehead atoms. The molecule has 1 aliphatic rings. The fourth-order valence-electron chi connectivity index (χ4n) is 2.33. The summed E-state index contributed by atoms with van der Waals surface area (Å²) in [7, 11) is 0. The van der Waals surface area contributed by atoms with Crippen molar-refractivity contribution in [1.82, 2.24) is 5.32 Å². The van der Waals surface area contributed by atoms with E-state index in [0.717, 1.165) is 32.1 Å². The molecule has 3 heteroatoms. The van der Waals surface area contributed by atoms with Crippen LogP contribution in [0.2, 0.25) is 0 Å². The summed E-state index contributed by atoms with van der Waals surface area (Å²) >= 11 is 0. The van der Waals surface area contributed by atoms with Gasteiger partial charge in [0.25, 0.3) is 0 Å². The summed E-state index contributed by atoms with van der Waals surface area (Å²) in [5.74, 6) is 0. The van der Waals surface area contributed by atoms with Gasteiger partial charge in [0.1, 0.15) is 0 Å². The number of aliphatic hydroxyl groups excluding tert-OH is 2. The predicted molar refractivity (Wildman–Crippen MR) is 61.8 cm³/mol. The van der Waals surface area contributed by atoms with Crippen LogP contribution in [0.3, 0.4) is 0 Å². The Hall–Kier alpha value is -0.120. The molecule has 0 aromatic rings. The summed E-state index contributed by atoms with van der Waals surface area (Å²) in [5, 5.41) is 22.4. The quantitative estimate of drug-likeness (QED) is 0.650. The Labute approximate surface area is 92.9 Å². The van der Waals surface area contributed by atoms with Crippen molar-refractivity contribution in [3.05, 3.63) is 0 Å². The highest BCUT2D eigenvalue weighted by atomic mass is 16.3. The zero-order valence-corrected chi connectivity index (χ0v) is 10.00. The van der Waals surface area contributed by atoms with Gasteiger partial charge >= 0.3 is 0 Å². The minimum atomic E-state index is -0.205. The SMILES string of the molecule is CCC(C)(CCO)N[C@@H]1CCCC[C@H]1O. The molecule has 3 N–H and O–H groups in total. The molecular weight excluding hydrogens is 190 g/mol. The minimum Gasteiger partial charge on any atom is -0.396 e. The Bertz CT molecular complexity index is 186. The van der Waals surface area contributed by atoms with Crippen LogP contribution in [0, 0.1) is 0 Å². The largest absolute Gasteiger partial charge is 0.396 e. The van der Waals surface area contributed by atoms with Gasteiger partial charge in [-0.1, -0.05) is 19.8 Å². The first kappa shape index (κ1) is 12.9. The van der Waals surface area contributed by atoms with E-state index in [0.29, 0.717) is 0 Å². The van der Waals surface area contributed by atoms with E-state index in [9.17, 15) is 5.11 Å². The third-order valence-electron chi connectivity index (χ3n) is 3.71. The monoisotopic (exact) mass is 215 g/mol. The van der Waals surface area contributed by atoms with E-state index in [1.165, 1.54) is 6.42 Å². The number of nitrogens with one attached hydrogen (secondary N) is 1. The summed E-state index contributed by atoms with van der Waals surface area (Å²) in [6.07, 6.45) is 5.85. The Morgan fingerprint density at radius 3 is 2.53 bits per heavy atom. The number of hydrogen-bond acceptors (Lipinski definition) is 3. The smallest absolute Gasteiger partial charge is 0.0693 e. The van der Waals surface area contributed by atoms with Crippen molar-refractivity contribution in [3.8, 4) is 0 Å². The van der Waals surface area contributed by atoms with Gasteiger partial charge in [-0.2, -0.15) is 0 Å². The first-order chi connectivity index (χ1) is 7.11. The molecule has 3 nitrogen and oxygen atoms in total. The molecule has 0 saturated heterocycles. The van der Waals surface area contributed by atoms with Crippen LogP contribution in [0.4, 0.5) is 0 Å². The van der Waals surface area contributed by atoms with Gasteiger partial charge < -0.3 is 15.5 Å². The van der Waals surface area contributed by atoms with Crippen LogP contribution in [-0.4, -0.2) is 34.5 Å². The fraction of sp³-hybridized carbons (Fsp3) is 1.00. The van der Waals surface area contributed by atoms with Crippen molar-refractivity contribution in [2.75, 3.05) is 6.61 Å². The van der Waals surface area contributed by atoms with Crippen LogP contribution in [0.25, 0.3) is 0 Å². The van der Waals surface area contributed by atoms with Gasteiger partial charge in [-0.3, -0.25) is 0 Å². The molecule has 1 unspecified atom stereocenters. The van der Waals surface area contributed by atoms with Crippen molar-refractivity contribution in [2.24, 2.45) is 0 Å². The first-order valence-electron chi connectivity index (χ1n) is 6.18. The average molecular weight is 215 g/mol. The first-order valence-corrected chi connectivity index (χ1v) is 6.18. The van der Waals surface area contributed by atoms with Crippen LogP contribution in [0.1, 0.15) is 52.4 Å². The topological polar surface area (TPSA) is 52.5 Å². The van der Waals surface area contributed by atoms with Gasteiger partial charge in [-0.15, -0.1) is 0 Å². The highest BCUT2D eigenvalue weighted by molar-refractivity contribution is 4.90. The van der Waals surface area contributed by atoms with Crippen LogP contribution in [-0.2, 0) is 0 Å². The summed E-state index contributed by atoms with van der Waals surface area (Å²) in [6, 6.07) is 0.218. The molecule has 0 amide bonds. The van der Waals surface area contributed by atoms with E-state index in [1.54, 1.807) is 0 Å². The van der Waals surface area contributed by atoms with Crippen LogP contribution in [0.15, 0.2) is 0 Å². The molecule has 0 aromatic carbocycles. The second-order valence-corrected chi connectivity index (χ2v) is 4.99. The summed E-state index contributed by atoms with van der Waals surface area (Å²) in [4.78, 5) is 0. The van der Waals surface area contributed by atoms with Crippen molar-refractivity contribution in [2.45, 2.75) is 70.1 Å². The highest BCUT2D eigenvalue weighted by Gasteiger charge is 2.30. The van der Waals surface area contributed by atoms with Crippen molar-refractivity contribution >= 4 is 0 Å². The molecule has 3 atom stereocenters. The van der Waals surface area contributed by atoms with E-state index in [1.807, 2.05) is 0 Å². The molecule has 1 rings (SSSR count). The van der Waals surface area contributed by atoms with Crippen LogP contribution < -0.4 is 5.32 Å². The van der Waals surface area contributed by atoms with Gasteiger partial charge in [0.15, 0.2) is 0 Å². The molecule has 0 aromatic heterocycles. The predicted octanol–water partition coefficient (Wildman–Crippen LogP) is 1.43. The van der Waals surface area contributed by atoms with Crippen molar-refractivity contribution in [3.63, 3.8) is 0 Å². The van der Waals surface area contributed by atoms with E-state index >= 15 is 0 Å². The maximum absolute atomic E-state index is 9.87. The Kier molecular flexibility index (Phi) is 5.03. The summed E-state index contributed by atoms with van der Waals surface area (Å²) in [5.41, 5.74) is -0.0300. The molecule has 0 aliphatic heterocycles. The molecule has 0 spiro atoms. The van der Waals surface area contributed by atoms with E-state index in [4.69, 9.17) is 5.11 Å². The Balaban J connectivity index is 2.49. The second kappa shape index (κ2) is 5.83. The standard InChI is InChI=1S/C12H25NO2/c1-3-12(2,8-9-14)13-10-6-4-5-7-11(10)15/h10-11,13-15H,3-9H2,1-2H3/t10-,11-,12?/m1/s1. The molecular formula is C12H25NO2. The molecule has 1 aliphatic carbocycles. The molecule has 15 heavy (non-hydrogen) atoms. The normalized spacial score (nSPS) is 31.2. The third-order valence-corrected chi connectivity index (χ3v) is 3.71. The van der Waals surface area contributed by atoms with Gasteiger partial charge in [0, 0.05) is 18.2 Å². The molecule has 1 fully saturated rings. The van der Waals surface area contributed by atoms with Gasteiger partial charge in [-0.25, -0.2) is 0 Å². The van der Waals surface area contributed by atoms with Crippen molar-refractivity contribution in [1.29, 1.82) is 0 Å². The number of rotatable bonds is 5.